The summed E-state index contributed by atoms with van der Waals surface area (Å²) in [5.41, 5.74) is 1.32. The molecule has 2 saturated carbocycles. The highest BCUT2D eigenvalue weighted by Crippen LogP contribution is 2.45. The Morgan fingerprint density at radius 1 is 1.29 bits per heavy atom. The first-order valence-corrected chi connectivity index (χ1v) is 8.40. The van der Waals surface area contributed by atoms with Crippen molar-refractivity contribution in [3.8, 4) is 0 Å². The van der Waals surface area contributed by atoms with E-state index in [0.29, 0.717) is 12.0 Å². The van der Waals surface area contributed by atoms with Crippen molar-refractivity contribution in [2.75, 3.05) is 7.05 Å². The van der Waals surface area contributed by atoms with Crippen molar-refractivity contribution in [1.29, 1.82) is 0 Å². The van der Waals surface area contributed by atoms with Crippen LogP contribution in [-0.2, 0) is 13.1 Å². The zero-order valence-corrected chi connectivity index (χ0v) is 13.6. The minimum absolute atomic E-state index is 0.0290. The minimum Gasteiger partial charge on any atom is -0.393 e. The lowest BCUT2D eigenvalue weighted by atomic mass is 10.0. The van der Waals surface area contributed by atoms with Crippen LogP contribution in [0.5, 0.6) is 0 Å². The Hall–Kier alpha value is -0.870. The summed E-state index contributed by atoms with van der Waals surface area (Å²) >= 11 is 0. The number of aliphatic hydroxyl groups is 1. The maximum absolute atomic E-state index is 9.76. The van der Waals surface area contributed by atoms with Gasteiger partial charge in [0.2, 0.25) is 0 Å². The molecule has 4 atom stereocenters. The molecule has 0 saturated heterocycles. The zero-order chi connectivity index (χ0) is 15.0. The van der Waals surface area contributed by atoms with Crippen LogP contribution in [0.4, 0.5) is 0 Å². The standard InChI is InChI=1S/C17H29N3O/c1-12(2)9-20-11-18-8-16(20)10-19(3)15-4-13-6-17(21)7-14(13)5-15/h8,11-15,17,21H,4-7,9-10H2,1-3H3/t13-,14+,15?,17?. The van der Waals surface area contributed by atoms with Gasteiger partial charge in [-0.15, -0.1) is 0 Å². The van der Waals surface area contributed by atoms with Gasteiger partial charge in [0.25, 0.3) is 0 Å². The van der Waals surface area contributed by atoms with Crippen LogP contribution in [0, 0.1) is 17.8 Å². The summed E-state index contributed by atoms with van der Waals surface area (Å²) in [6.45, 7) is 6.53. The number of aromatic nitrogens is 2. The second-order valence-electron chi connectivity index (χ2n) is 7.62. The normalized spacial score (nSPS) is 32.3. The van der Waals surface area contributed by atoms with Crippen molar-refractivity contribution in [2.45, 2.75) is 64.8 Å². The van der Waals surface area contributed by atoms with Crippen molar-refractivity contribution in [3.63, 3.8) is 0 Å². The molecule has 0 aromatic carbocycles. The molecule has 0 spiro atoms. The lowest BCUT2D eigenvalue weighted by Gasteiger charge is -2.26. The fraction of sp³-hybridized carbons (Fsp3) is 0.824. The molecule has 4 nitrogen and oxygen atoms in total. The van der Waals surface area contributed by atoms with Gasteiger partial charge in [-0.1, -0.05) is 13.8 Å². The Labute approximate surface area is 128 Å². The molecule has 2 unspecified atom stereocenters. The van der Waals surface area contributed by atoms with Gasteiger partial charge in [0.15, 0.2) is 0 Å². The molecule has 0 amide bonds. The molecule has 3 rings (SSSR count). The molecule has 21 heavy (non-hydrogen) atoms. The second kappa shape index (κ2) is 6.09. The molecule has 1 aromatic heterocycles. The van der Waals surface area contributed by atoms with E-state index in [2.05, 4.69) is 35.3 Å². The van der Waals surface area contributed by atoms with Crippen LogP contribution in [0.1, 0.15) is 45.2 Å². The van der Waals surface area contributed by atoms with Gasteiger partial charge < -0.3 is 9.67 Å². The van der Waals surface area contributed by atoms with Crippen molar-refractivity contribution in [3.05, 3.63) is 18.2 Å². The Bertz CT molecular complexity index is 456. The summed E-state index contributed by atoms with van der Waals surface area (Å²) in [4.78, 5) is 6.82. The summed E-state index contributed by atoms with van der Waals surface area (Å²) in [5, 5.41) is 9.76. The van der Waals surface area contributed by atoms with Crippen LogP contribution in [0.25, 0.3) is 0 Å². The second-order valence-corrected chi connectivity index (χ2v) is 7.62. The zero-order valence-electron chi connectivity index (χ0n) is 13.6. The van der Waals surface area contributed by atoms with E-state index in [1.165, 1.54) is 18.5 Å². The Kier molecular flexibility index (Phi) is 4.36. The fourth-order valence-electron chi connectivity index (χ4n) is 4.33. The highest BCUT2D eigenvalue weighted by atomic mass is 16.3. The van der Waals surface area contributed by atoms with Crippen LogP contribution in [0.15, 0.2) is 12.5 Å². The molecule has 4 heteroatoms. The average molecular weight is 291 g/mol. The largest absolute Gasteiger partial charge is 0.393 e. The first-order valence-electron chi connectivity index (χ1n) is 8.40. The molecule has 0 radical (unpaired) electrons. The van der Waals surface area contributed by atoms with Crippen LogP contribution in [-0.4, -0.2) is 38.8 Å². The van der Waals surface area contributed by atoms with Gasteiger partial charge in [-0.05, 0) is 50.5 Å². The monoisotopic (exact) mass is 291 g/mol. The van der Waals surface area contributed by atoms with Gasteiger partial charge in [-0.25, -0.2) is 4.98 Å². The SMILES string of the molecule is CC(C)Cn1cncc1CN(C)C1C[C@H]2CC(O)C[C@H]2C1. The third-order valence-corrected chi connectivity index (χ3v) is 5.36. The van der Waals surface area contributed by atoms with Gasteiger partial charge in [-0.2, -0.15) is 0 Å². The number of aliphatic hydroxyl groups excluding tert-OH is 1. The predicted octanol–water partition coefficient (Wildman–Crippen LogP) is 2.52. The van der Waals surface area contributed by atoms with Crippen molar-refractivity contribution < 1.29 is 5.11 Å². The topological polar surface area (TPSA) is 41.3 Å². The Morgan fingerprint density at radius 2 is 1.95 bits per heavy atom. The van der Waals surface area contributed by atoms with Crippen molar-refractivity contribution in [2.24, 2.45) is 17.8 Å². The van der Waals surface area contributed by atoms with Gasteiger partial charge >= 0.3 is 0 Å². The van der Waals surface area contributed by atoms with Crippen LogP contribution < -0.4 is 0 Å². The number of imidazole rings is 1. The highest BCUT2D eigenvalue weighted by Gasteiger charge is 2.42. The molecule has 1 aromatic rings. The maximum atomic E-state index is 9.76. The molecule has 2 aliphatic carbocycles. The van der Waals surface area contributed by atoms with Gasteiger partial charge in [-0.3, -0.25) is 4.90 Å². The van der Waals surface area contributed by atoms with Crippen molar-refractivity contribution >= 4 is 0 Å². The van der Waals surface area contributed by atoms with E-state index in [0.717, 1.165) is 37.8 Å². The van der Waals surface area contributed by atoms with Crippen LogP contribution >= 0.6 is 0 Å². The molecule has 118 valence electrons. The third-order valence-electron chi connectivity index (χ3n) is 5.36. The number of nitrogens with zero attached hydrogens (tertiary/aromatic N) is 3. The number of hydrogen-bond acceptors (Lipinski definition) is 3. The van der Waals surface area contributed by atoms with E-state index >= 15 is 0 Å². The van der Waals surface area contributed by atoms with Crippen molar-refractivity contribution in [1.82, 2.24) is 14.5 Å². The minimum atomic E-state index is -0.0290. The number of fused-ring (bicyclic) bond motifs is 1. The number of rotatable bonds is 5. The smallest absolute Gasteiger partial charge is 0.0948 e. The molecule has 1 N–H and O–H groups in total. The van der Waals surface area contributed by atoms with Crippen LogP contribution in [0.3, 0.4) is 0 Å². The molecular weight excluding hydrogens is 262 g/mol. The van der Waals surface area contributed by atoms with E-state index < -0.39 is 0 Å². The lowest BCUT2D eigenvalue weighted by molar-refractivity contribution is 0.157. The number of hydrogen-bond donors (Lipinski definition) is 1. The molecule has 0 aliphatic heterocycles. The van der Waals surface area contributed by atoms with Gasteiger partial charge in [0.1, 0.15) is 0 Å². The maximum Gasteiger partial charge on any atom is 0.0948 e. The van der Waals surface area contributed by atoms with Gasteiger partial charge in [0.05, 0.1) is 18.1 Å². The van der Waals surface area contributed by atoms with E-state index in [1.807, 2.05) is 12.5 Å². The summed E-state index contributed by atoms with van der Waals surface area (Å²) in [6.07, 6.45) is 8.52. The molecule has 2 aliphatic rings. The average Bonchev–Trinajstić information content (AvgIpc) is 3.04. The summed E-state index contributed by atoms with van der Waals surface area (Å²) < 4.78 is 2.29. The van der Waals surface area contributed by atoms with E-state index in [1.54, 1.807) is 0 Å². The van der Waals surface area contributed by atoms with Crippen LogP contribution in [0.2, 0.25) is 0 Å². The lowest BCUT2D eigenvalue weighted by Crippen LogP contribution is -2.30. The highest BCUT2D eigenvalue weighted by molar-refractivity contribution is 5.01. The molecule has 1 heterocycles. The van der Waals surface area contributed by atoms with Gasteiger partial charge in [0, 0.05) is 25.3 Å². The summed E-state index contributed by atoms with van der Waals surface area (Å²) in [6, 6.07) is 0.676. The third kappa shape index (κ3) is 3.32. The van der Waals surface area contributed by atoms with E-state index in [9.17, 15) is 5.11 Å². The Morgan fingerprint density at radius 3 is 2.57 bits per heavy atom. The fourth-order valence-corrected chi connectivity index (χ4v) is 4.33. The first-order chi connectivity index (χ1) is 10.0. The summed E-state index contributed by atoms with van der Waals surface area (Å²) in [7, 11) is 2.24. The predicted molar refractivity (Wildman–Crippen MR) is 83.8 cm³/mol. The molecule has 2 fully saturated rings. The van der Waals surface area contributed by atoms with E-state index in [4.69, 9.17) is 0 Å². The first kappa shape index (κ1) is 15.0. The summed E-state index contributed by atoms with van der Waals surface area (Å²) in [5.74, 6) is 2.16. The molecular formula is C17H29N3O. The van der Waals surface area contributed by atoms with E-state index in [-0.39, 0.29) is 6.10 Å². The Balaban J connectivity index is 1.58. The molecule has 0 bridgehead atoms. The quantitative estimate of drug-likeness (QED) is 0.906.